The van der Waals surface area contributed by atoms with E-state index in [1.807, 2.05) is 0 Å². The lowest BCUT2D eigenvalue weighted by Crippen LogP contribution is -2.61. The summed E-state index contributed by atoms with van der Waals surface area (Å²) in [5.74, 6) is -0.519. The van der Waals surface area contributed by atoms with Crippen LogP contribution in [0.1, 0.15) is 23.0 Å². The lowest BCUT2D eigenvalue weighted by Gasteiger charge is -2.40. The largest absolute Gasteiger partial charge is 0.347 e. The van der Waals surface area contributed by atoms with Crippen molar-refractivity contribution in [3.05, 3.63) is 17.5 Å². The van der Waals surface area contributed by atoms with E-state index >= 15 is 0 Å². The molecule has 0 spiro atoms. The molecule has 22 heavy (non-hydrogen) atoms. The number of likely N-dealkylation sites (N-methyl/N-ethyl adjacent to an activating group) is 1. The Morgan fingerprint density at radius 3 is 2.50 bits per heavy atom. The first-order chi connectivity index (χ1) is 10.3. The fourth-order valence-electron chi connectivity index (χ4n) is 2.59. The van der Waals surface area contributed by atoms with Crippen molar-refractivity contribution in [3.8, 4) is 0 Å². The van der Waals surface area contributed by atoms with Crippen LogP contribution in [-0.4, -0.2) is 82.4 Å². The summed E-state index contributed by atoms with van der Waals surface area (Å²) in [4.78, 5) is 41.1. The molecule has 1 saturated heterocycles. The Balaban J connectivity index is 2.20. The predicted molar refractivity (Wildman–Crippen MR) is 79.1 cm³/mol. The van der Waals surface area contributed by atoms with Crippen LogP contribution in [0, 0.1) is 6.92 Å². The van der Waals surface area contributed by atoms with E-state index in [1.165, 1.54) is 22.9 Å². The van der Waals surface area contributed by atoms with Crippen LogP contribution in [0.3, 0.4) is 0 Å². The van der Waals surface area contributed by atoms with Crippen LogP contribution >= 0.6 is 0 Å². The topological polar surface area (TPSA) is 89.6 Å². The Hall–Kier alpha value is -2.38. The van der Waals surface area contributed by atoms with E-state index in [1.54, 1.807) is 25.9 Å². The zero-order valence-corrected chi connectivity index (χ0v) is 13.3. The first kappa shape index (κ1) is 16.0. The van der Waals surface area contributed by atoms with Crippen LogP contribution in [0.2, 0.25) is 0 Å². The maximum atomic E-state index is 12.5. The molecular formula is C14H21N5O3. The van der Waals surface area contributed by atoms with Crippen molar-refractivity contribution in [3.63, 3.8) is 0 Å². The second-order valence-corrected chi connectivity index (χ2v) is 5.62. The number of amides is 3. The number of piperazine rings is 1. The molecule has 8 nitrogen and oxygen atoms in total. The number of hydrogen-bond acceptors (Lipinski definition) is 4. The predicted octanol–water partition coefficient (Wildman–Crippen LogP) is -0.521. The fraction of sp³-hybridized carbons (Fsp3) is 0.571. The summed E-state index contributed by atoms with van der Waals surface area (Å²) in [6.07, 6.45) is 1.48. The highest BCUT2D eigenvalue weighted by molar-refractivity contribution is 5.96. The maximum absolute atomic E-state index is 12.5. The van der Waals surface area contributed by atoms with Gasteiger partial charge in [0.15, 0.2) is 0 Å². The number of H-pyrrole nitrogens is 1. The van der Waals surface area contributed by atoms with Gasteiger partial charge in [-0.15, -0.1) is 0 Å². The standard InChI is InChI=1S/C14H21N5O3/c1-9-11(7-15-16-9)13(21)18-5-6-19(10(2)20)12(8-18)14(22)17(3)4/h7,12H,5-6,8H2,1-4H3,(H,15,16)/t12-/m1/s1. The molecule has 0 aliphatic carbocycles. The molecule has 1 aromatic rings. The van der Waals surface area contributed by atoms with Crippen molar-refractivity contribution in [2.24, 2.45) is 0 Å². The van der Waals surface area contributed by atoms with Gasteiger partial charge in [0.25, 0.3) is 5.91 Å². The van der Waals surface area contributed by atoms with Gasteiger partial charge in [0, 0.05) is 39.8 Å². The fourth-order valence-corrected chi connectivity index (χ4v) is 2.59. The Labute approximate surface area is 129 Å². The van der Waals surface area contributed by atoms with Crippen molar-refractivity contribution < 1.29 is 14.4 Å². The summed E-state index contributed by atoms with van der Waals surface area (Å²) in [7, 11) is 3.28. The van der Waals surface area contributed by atoms with Crippen molar-refractivity contribution in [2.45, 2.75) is 19.9 Å². The van der Waals surface area contributed by atoms with Gasteiger partial charge in [0.2, 0.25) is 11.8 Å². The van der Waals surface area contributed by atoms with E-state index in [-0.39, 0.29) is 24.3 Å². The second-order valence-electron chi connectivity index (χ2n) is 5.62. The molecule has 3 amide bonds. The molecule has 0 aromatic carbocycles. The molecule has 2 heterocycles. The van der Waals surface area contributed by atoms with Crippen LogP contribution in [0.5, 0.6) is 0 Å². The Morgan fingerprint density at radius 1 is 1.32 bits per heavy atom. The third-order valence-electron chi connectivity index (χ3n) is 3.86. The smallest absolute Gasteiger partial charge is 0.257 e. The average Bonchev–Trinajstić information content (AvgIpc) is 2.90. The Kier molecular flexibility index (Phi) is 4.48. The molecule has 0 unspecified atom stereocenters. The molecule has 120 valence electrons. The molecule has 1 aromatic heterocycles. The van der Waals surface area contributed by atoms with Crippen LogP contribution < -0.4 is 0 Å². The molecule has 0 radical (unpaired) electrons. The summed E-state index contributed by atoms with van der Waals surface area (Å²) >= 11 is 0. The second kappa shape index (κ2) is 6.17. The van der Waals surface area contributed by atoms with E-state index in [0.29, 0.717) is 24.3 Å². The van der Waals surface area contributed by atoms with Crippen molar-refractivity contribution in [2.75, 3.05) is 33.7 Å². The summed E-state index contributed by atoms with van der Waals surface area (Å²) in [6.45, 7) is 4.16. The van der Waals surface area contributed by atoms with Gasteiger partial charge in [0.05, 0.1) is 18.3 Å². The van der Waals surface area contributed by atoms with Gasteiger partial charge in [-0.25, -0.2) is 0 Å². The molecule has 1 atom stereocenters. The molecular weight excluding hydrogens is 286 g/mol. The van der Waals surface area contributed by atoms with E-state index in [4.69, 9.17) is 0 Å². The number of carbonyl (C=O) groups excluding carboxylic acids is 3. The third kappa shape index (κ3) is 2.95. The van der Waals surface area contributed by atoms with E-state index in [2.05, 4.69) is 10.2 Å². The highest BCUT2D eigenvalue weighted by Crippen LogP contribution is 2.16. The first-order valence-electron chi connectivity index (χ1n) is 7.10. The zero-order valence-electron chi connectivity index (χ0n) is 13.3. The third-order valence-corrected chi connectivity index (χ3v) is 3.86. The zero-order chi connectivity index (χ0) is 16.4. The number of nitrogens with one attached hydrogen (secondary N) is 1. The summed E-state index contributed by atoms with van der Waals surface area (Å²) in [5.41, 5.74) is 1.18. The Bertz CT molecular complexity index is 595. The number of aromatic nitrogens is 2. The van der Waals surface area contributed by atoms with Crippen molar-refractivity contribution >= 4 is 17.7 Å². The number of nitrogens with zero attached hydrogens (tertiary/aromatic N) is 4. The molecule has 8 heteroatoms. The molecule has 1 fully saturated rings. The Morgan fingerprint density at radius 2 is 2.00 bits per heavy atom. The monoisotopic (exact) mass is 307 g/mol. The minimum absolute atomic E-state index is 0.160. The van der Waals surface area contributed by atoms with Crippen LogP contribution in [0.4, 0.5) is 0 Å². The minimum atomic E-state index is -0.641. The highest BCUT2D eigenvalue weighted by atomic mass is 16.2. The number of aryl methyl sites for hydroxylation is 1. The van der Waals surface area contributed by atoms with Gasteiger partial charge in [-0.1, -0.05) is 0 Å². The van der Waals surface area contributed by atoms with Crippen LogP contribution in [0.25, 0.3) is 0 Å². The average molecular weight is 307 g/mol. The van der Waals surface area contributed by atoms with E-state index in [9.17, 15) is 14.4 Å². The maximum Gasteiger partial charge on any atom is 0.257 e. The molecule has 1 aliphatic heterocycles. The molecule has 0 saturated carbocycles. The number of aromatic amines is 1. The first-order valence-corrected chi connectivity index (χ1v) is 7.10. The van der Waals surface area contributed by atoms with Gasteiger partial charge in [0.1, 0.15) is 6.04 Å². The normalized spacial score (nSPS) is 18.3. The van der Waals surface area contributed by atoms with Gasteiger partial charge in [-0.05, 0) is 6.92 Å². The lowest BCUT2D eigenvalue weighted by molar-refractivity contribution is -0.146. The lowest BCUT2D eigenvalue weighted by atomic mass is 10.1. The quantitative estimate of drug-likeness (QED) is 0.796. The summed E-state index contributed by atoms with van der Waals surface area (Å²) in [6, 6.07) is -0.641. The van der Waals surface area contributed by atoms with Gasteiger partial charge < -0.3 is 14.7 Å². The number of rotatable bonds is 2. The number of carbonyl (C=O) groups is 3. The van der Waals surface area contributed by atoms with Crippen LogP contribution in [0.15, 0.2) is 6.20 Å². The van der Waals surface area contributed by atoms with Gasteiger partial charge in [-0.3, -0.25) is 19.5 Å². The molecule has 1 N–H and O–H groups in total. The molecule has 2 rings (SSSR count). The van der Waals surface area contributed by atoms with Crippen molar-refractivity contribution in [1.29, 1.82) is 0 Å². The molecule has 1 aliphatic rings. The summed E-state index contributed by atoms with van der Waals surface area (Å²) < 4.78 is 0. The van der Waals surface area contributed by atoms with Gasteiger partial charge in [-0.2, -0.15) is 5.10 Å². The van der Waals surface area contributed by atoms with E-state index < -0.39 is 6.04 Å². The van der Waals surface area contributed by atoms with Gasteiger partial charge >= 0.3 is 0 Å². The van der Waals surface area contributed by atoms with Crippen molar-refractivity contribution in [1.82, 2.24) is 24.9 Å². The SMILES string of the molecule is CC(=O)N1CCN(C(=O)c2cn[nH]c2C)C[C@@H]1C(=O)N(C)C. The highest BCUT2D eigenvalue weighted by Gasteiger charge is 2.37. The molecule has 0 bridgehead atoms. The minimum Gasteiger partial charge on any atom is -0.347 e. The van der Waals surface area contributed by atoms with E-state index in [0.717, 1.165) is 0 Å². The number of hydrogen-bond donors (Lipinski definition) is 1. The summed E-state index contributed by atoms with van der Waals surface area (Å²) in [5, 5.41) is 6.58. The van der Waals surface area contributed by atoms with Crippen LogP contribution in [-0.2, 0) is 9.59 Å².